The van der Waals surface area contributed by atoms with Crippen molar-refractivity contribution in [3.8, 4) is 0 Å². The van der Waals surface area contributed by atoms with Crippen LogP contribution < -0.4 is 0 Å². The van der Waals surface area contributed by atoms with Gasteiger partial charge in [0.2, 0.25) is 17.3 Å². The van der Waals surface area contributed by atoms with Crippen LogP contribution in [-0.2, 0) is 19.0 Å². The number of carbonyl (C=O) groups is 1. The summed E-state index contributed by atoms with van der Waals surface area (Å²) in [5.41, 5.74) is 0. The fourth-order valence-electron chi connectivity index (χ4n) is 1.18. The summed E-state index contributed by atoms with van der Waals surface area (Å²) in [6.45, 7) is 13.1. The lowest BCUT2D eigenvalue weighted by molar-refractivity contribution is -0.310. The van der Waals surface area contributed by atoms with Crippen LogP contribution in [0.1, 0.15) is 27.7 Å². The minimum Gasteiger partial charge on any atom is -0.475 e. The van der Waals surface area contributed by atoms with Crippen molar-refractivity contribution in [3.63, 3.8) is 0 Å². The molecule has 0 unspecified atom stereocenters. The van der Waals surface area contributed by atoms with Crippen molar-refractivity contribution in [2.24, 2.45) is 0 Å². The molecule has 0 bridgehead atoms. The summed E-state index contributed by atoms with van der Waals surface area (Å²) in [6, 6.07) is 0. The highest BCUT2D eigenvalue weighted by molar-refractivity contribution is 5.83. The Kier molecular flexibility index (Phi) is 4.56. The molecule has 0 saturated heterocycles. The molecule has 0 heterocycles. The molecule has 5 heteroatoms. The summed E-state index contributed by atoms with van der Waals surface area (Å²) in [6.07, 6.45) is 1.24. The Morgan fingerprint density at radius 2 is 1.75 bits per heavy atom. The molecule has 0 spiro atoms. The summed E-state index contributed by atoms with van der Waals surface area (Å²) in [4.78, 5) is 10.5. The first kappa shape index (κ1) is 14.5. The van der Waals surface area contributed by atoms with E-state index in [0.717, 1.165) is 0 Å². The SMILES string of the molecule is C=COC(C)(C)OC(C)(C)OC(=C)C(=O)O. The Hall–Kier alpha value is -1.49. The Morgan fingerprint density at radius 3 is 2.12 bits per heavy atom. The molecule has 0 rings (SSSR count). The van der Waals surface area contributed by atoms with Crippen molar-refractivity contribution >= 4 is 5.97 Å². The second kappa shape index (κ2) is 5.03. The van der Waals surface area contributed by atoms with Gasteiger partial charge in [-0.25, -0.2) is 4.79 Å². The molecular weight excluding hydrogens is 212 g/mol. The maximum Gasteiger partial charge on any atom is 0.370 e. The molecule has 0 aromatic carbocycles. The van der Waals surface area contributed by atoms with Gasteiger partial charge in [-0.2, -0.15) is 0 Å². The summed E-state index contributed by atoms with van der Waals surface area (Å²) in [5.74, 6) is -3.76. The fraction of sp³-hybridized carbons (Fsp3) is 0.545. The van der Waals surface area contributed by atoms with Gasteiger partial charge in [0.1, 0.15) is 0 Å². The number of ether oxygens (including phenoxy) is 3. The van der Waals surface area contributed by atoms with E-state index >= 15 is 0 Å². The van der Waals surface area contributed by atoms with Crippen LogP contribution in [-0.4, -0.2) is 22.7 Å². The molecule has 0 radical (unpaired) electrons. The smallest absolute Gasteiger partial charge is 0.370 e. The molecule has 0 amide bonds. The van der Waals surface area contributed by atoms with Crippen LogP contribution in [0.2, 0.25) is 0 Å². The van der Waals surface area contributed by atoms with Crippen LogP contribution in [0.5, 0.6) is 0 Å². The Bertz CT molecular complexity index is 291. The summed E-state index contributed by atoms with van der Waals surface area (Å²) < 4.78 is 15.6. The van der Waals surface area contributed by atoms with E-state index in [-0.39, 0.29) is 5.76 Å². The lowest BCUT2D eigenvalue weighted by Gasteiger charge is -2.34. The van der Waals surface area contributed by atoms with E-state index in [1.165, 1.54) is 6.26 Å². The first-order valence-corrected chi connectivity index (χ1v) is 4.70. The molecule has 0 fully saturated rings. The zero-order valence-electron chi connectivity index (χ0n) is 10.1. The Labute approximate surface area is 95.3 Å². The van der Waals surface area contributed by atoms with Crippen molar-refractivity contribution in [1.29, 1.82) is 0 Å². The van der Waals surface area contributed by atoms with E-state index < -0.39 is 17.5 Å². The van der Waals surface area contributed by atoms with Crippen LogP contribution in [0, 0.1) is 0 Å². The first-order chi connectivity index (χ1) is 7.09. The van der Waals surface area contributed by atoms with Gasteiger partial charge in [-0.05, 0) is 6.58 Å². The van der Waals surface area contributed by atoms with Crippen LogP contribution in [0.25, 0.3) is 0 Å². The van der Waals surface area contributed by atoms with Crippen LogP contribution >= 0.6 is 0 Å². The molecule has 5 nitrogen and oxygen atoms in total. The van der Waals surface area contributed by atoms with E-state index in [9.17, 15) is 4.79 Å². The van der Waals surface area contributed by atoms with Gasteiger partial charge in [0, 0.05) is 27.7 Å². The standard InChI is InChI=1S/C11H18O5/c1-7-14-10(3,4)16-11(5,6)15-8(2)9(12)13/h7H,1-2H2,3-6H3,(H,12,13). The lowest BCUT2D eigenvalue weighted by atomic mass is 10.3. The van der Waals surface area contributed by atoms with E-state index in [0.29, 0.717) is 0 Å². The molecule has 0 aromatic heterocycles. The second-order valence-corrected chi connectivity index (χ2v) is 4.02. The Morgan fingerprint density at radius 1 is 1.25 bits per heavy atom. The highest BCUT2D eigenvalue weighted by Gasteiger charge is 2.32. The molecule has 0 aliphatic carbocycles. The van der Waals surface area contributed by atoms with Crippen molar-refractivity contribution < 1.29 is 24.1 Å². The number of aliphatic carboxylic acids is 1. The summed E-state index contributed by atoms with van der Waals surface area (Å²) in [5, 5.41) is 8.62. The predicted octanol–water partition coefficient (Wildman–Crippen LogP) is 2.25. The monoisotopic (exact) mass is 230 g/mol. The van der Waals surface area contributed by atoms with Gasteiger partial charge in [-0.15, -0.1) is 0 Å². The molecule has 0 aromatic rings. The molecule has 0 aliphatic rings. The number of hydrogen-bond donors (Lipinski definition) is 1. The summed E-state index contributed by atoms with van der Waals surface area (Å²) >= 11 is 0. The number of carboxylic acids is 1. The molecule has 16 heavy (non-hydrogen) atoms. The highest BCUT2D eigenvalue weighted by Crippen LogP contribution is 2.24. The molecule has 0 aliphatic heterocycles. The third-order valence-corrected chi connectivity index (χ3v) is 1.47. The van der Waals surface area contributed by atoms with Gasteiger partial charge < -0.3 is 14.6 Å². The average molecular weight is 230 g/mol. The van der Waals surface area contributed by atoms with E-state index in [4.69, 9.17) is 19.3 Å². The van der Waals surface area contributed by atoms with Gasteiger partial charge in [0.15, 0.2) is 0 Å². The molecular formula is C11H18O5. The zero-order chi connectivity index (χ0) is 13.0. The topological polar surface area (TPSA) is 65.0 Å². The molecule has 0 saturated carbocycles. The van der Waals surface area contributed by atoms with E-state index in [2.05, 4.69) is 13.2 Å². The Balaban J connectivity index is 4.50. The van der Waals surface area contributed by atoms with Crippen LogP contribution in [0.3, 0.4) is 0 Å². The quantitative estimate of drug-likeness (QED) is 0.413. The van der Waals surface area contributed by atoms with E-state index in [1.807, 2.05) is 0 Å². The van der Waals surface area contributed by atoms with Gasteiger partial charge in [-0.3, -0.25) is 4.74 Å². The van der Waals surface area contributed by atoms with Gasteiger partial charge in [0.25, 0.3) is 0 Å². The van der Waals surface area contributed by atoms with Crippen LogP contribution in [0.15, 0.2) is 25.2 Å². The van der Waals surface area contributed by atoms with Gasteiger partial charge >= 0.3 is 5.97 Å². The maximum atomic E-state index is 10.5. The van der Waals surface area contributed by atoms with Crippen molar-refractivity contribution in [3.05, 3.63) is 25.2 Å². The first-order valence-electron chi connectivity index (χ1n) is 4.70. The largest absolute Gasteiger partial charge is 0.475 e. The molecule has 92 valence electrons. The van der Waals surface area contributed by atoms with Gasteiger partial charge in [0.05, 0.1) is 6.26 Å². The number of rotatable bonds is 7. The normalized spacial score (nSPS) is 11.8. The third-order valence-electron chi connectivity index (χ3n) is 1.47. The van der Waals surface area contributed by atoms with Crippen molar-refractivity contribution in [1.82, 2.24) is 0 Å². The minimum absolute atomic E-state index is 0.389. The molecule has 0 atom stereocenters. The number of hydrogen-bond acceptors (Lipinski definition) is 4. The van der Waals surface area contributed by atoms with Crippen molar-refractivity contribution in [2.75, 3.05) is 0 Å². The number of carboxylic acid groups (broad SMARTS) is 1. The predicted molar refractivity (Wildman–Crippen MR) is 58.4 cm³/mol. The minimum atomic E-state index is -1.24. The zero-order valence-corrected chi connectivity index (χ0v) is 10.1. The van der Waals surface area contributed by atoms with E-state index in [1.54, 1.807) is 27.7 Å². The van der Waals surface area contributed by atoms with Crippen molar-refractivity contribution in [2.45, 2.75) is 39.3 Å². The lowest BCUT2D eigenvalue weighted by Crippen LogP contribution is -2.40. The third kappa shape index (κ3) is 5.41. The highest BCUT2D eigenvalue weighted by atomic mass is 16.8. The average Bonchev–Trinajstić information content (AvgIpc) is 1.99. The maximum absolute atomic E-state index is 10.5. The molecule has 1 N–H and O–H groups in total. The van der Waals surface area contributed by atoms with Crippen LogP contribution in [0.4, 0.5) is 0 Å². The second-order valence-electron chi connectivity index (χ2n) is 4.02. The summed E-state index contributed by atoms with van der Waals surface area (Å²) in [7, 11) is 0. The fourth-order valence-corrected chi connectivity index (χ4v) is 1.18. The van der Waals surface area contributed by atoms with Gasteiger partial charge in [-0.1, -0.05) is 6.58 Å².